The quantitative estimate of drug-likeness (QED) is 0.629. The molecule has 0 radical (unpaired) electrons. The number of aromatic nitrogens is 3. The Morgan fingerprint density at radius 2 is 1.82 bits per heavy atom. The van der Waals surface area contributed by atoms with Crippen molar-refractivity contribution >= 4 is 5.91 Å². The molecule has 0 saturated heterocycles. The number of likely N-dealkylation sites (N-methyl/N-ethyl adjacent to an activating group) is 1. The molecule has 7 nitrogen and oxygen atoms in total. The van der Waals surface area contributed by atoms with Gasteiger partial charge in [0.25, 0.3) is 5.91 Å². The van der Waals surface area contributed by atoms with Crippen LogP contribution >= 0.6 is 0 Å². The molecule has 3 aromatic rings. The summed E-state index contributed by atoms with van der Waals surface area (Å²) in [4.78, 5) is 18.7. The highest BCUT2D eigenvalue weighted by Gasteiger charge is 2.08. The normalized spacial score (nSPS) is 10.9. The first kappa shape index (κ1) is 19.6. The van der Waals surface area contributed by atoms with Gasteiger partial charge in [-0.05, 0) is 50.8 Å². The molecule has 0 spiro atoms. The third-order valence-corrected chi connectivity index (χ3v) is 4.19. The van der Waals surface area contributed by atoms with Crippen molar-refractivity contribution in [3.8, 4) is 17.1 Å². The predicted octanol–water partition coefficient (Wildman–Crippen LogP) is 2.65. The smallest absolute Gasteiger partial charge is 0.251 e. The lowest BCUT2D eigenvalue weighted by Gasteiger charge is -2.11. The molecule has 0 aliphatic heterocycles. The molecular weight excluding hydrogens is 354 g/mol. The Kier molecular flexibility index (Phi) is 6.39. The standard InChI is InChI=1S/C21H25N5O2/c1-15-23-20(25-24-15)17-6-8-18(9-7-17)21(27)22-14-16-4-10-19(11-5-16)28-13-12-26(2)3/h4-11H,12-14H2,1-3H3,(H,22,27)(H,23,24,25). The Hall–Kier alpha value is -3.19. The molecule has 0 aliphatic carbocycles. The molecule has 2 N–H and O–H groups in total. The van der Waals surface area contributed by atoms with Crippen LogP contribution in [0.1, 0.15) is 21.7 Å². The van der Waals surface area contributed by atoms with Gasteiger partial charge in [-0.2, -0.15) is 5.10 Å². The van der Waals surface area contributed by atoms with Gasteiger partial charge < -0.3 is 15.0 Å². The summed E-state index contributed by atoms with van der Waals surface area (Å²) in [5.74, 6) is 2.09. The predicted molar refractivity (Wildman–Crippen MR) is 108 cm³/mol. The average molecular weight is 379 g/mol. The van der Waals surface area contributed by atoms with Gasteiger partial charge in [0.2, 0.25) is 0 Å². The Bertz CT molecular complexity index is 901. The third kappa shape index (κ3) is 5.40. The molecule has 1 amide bonds. The number of ether oxygens (including phenoxy) is 1. The second-order valence-corrected chi connectivity index (χ2v) is 6.80. The first-order valence-electron chi connectivity index (χ1n) is 9.15. The summed E-state index contributed by atoms with van der Waals surface area (Å²) in [7, 11) is 4.02. The molecule has 0 aliphatic rings. The van der Waals surface area contributed by atoms with Crippen molar-refractivity contribution in [1.82, 2.24) is 25.4 Å². The highest BCUT2D eigenvalue weighted by molar-refractivity contribution is 5.94. The van der Waals surface area contributed by atoms with E-state index in [-0.39, 0.29) is 5.91 Å². The first-order chi connectivity index (χ1) is 13.5. The fourth-order valence-corrected chi connectivity index (χ4v) is 2.58. The van der Waals surface area contributed by atoms with Gasteiger partial charge in [-0.3, -0.25) is 9.89 Å². The van der Waals surface area contributed by atoms with Crippen molar-refractivity contribution in [2.75, 3.05) is 27.2 Å². The molecule has 1 heterocycles. The monoisotopic (exact) mass is 379 g/mol. The number of benzene rings is 2. The summed E-state index contributed by atoms with van der Waals surface area (Å²) in [5, 5.41) is 9.87. The molecule has 0 atom stereocenters. The Morgan fingerprint density at radius 1 is 1.11 bits per heavy atom. The van der Waals surface area contributed by atoms with Gasteiger partial charge in [0.15, 0.2) is 5.82 Å². The van der Waals surface area contributed by atoms with E-state index < -0.39 is 0 Å². The van der Waals surface area contributed by atoms with Crippen LogP contribution in [-0.2, 0) is 6.54 Å². The number of hydrogen-bond donors (Lipinski definition) is 2. The lowest BCUT2D eigenvalue weighted by molar-refractivity contribution is 0.0951. The second kappa shape index (κ2) is 9.14. The summed E-state index contributed by atoms with van der Waals surface area (Å²) in [6, 6.07) is 15.0. The number of nitrogens with zero attached hydrogens (tertiary/aromatic N) is 3. The van der Waals surface area contributed by atoms with E-state index >= 15 is 0 Å². The maximum atomic E-state index is 12.4. The summed E-state index contributed by atoms with van der Waals surface area (Å²) in [5.41, 5.74) is 2.48. The van der Waals surface area contributed by atoms with E-state index in [1.807, 2.05) is 57.4 Å². The van der Waals surface area contributed by atoms with Crippen molar-refractivity contribution in [3.63, 3.8) is 0 Å². The van der Waals surface area contributed by atoms with E-state index in [2.05, 4.69) is 25.4 Å². The van der Waals surface area contributed by atoms with Crippen molar-refractivity contribution in [2.45, 2.75) is 13.5 Å². The molecule has 28 heavy (non-hydrogen) atoms. The number of aromatic amines is 1. The van der Waals surface area contributed by atoms with Crippen molar-refractivity contribution in [1.29, 1.82) is 0 Å². The Balaban J connectivity index is 1.51. The number of H-pyrrole nitrogens is 1. The SMILES string of the molecule is Cc1nc(-c2ccc(C(=O)NCc3ccc(OCCN(C)C)cc3)cc2)n[nH]1. The van der Waals surface area contributed by atoms with Crippen LogP contribution in [0.4, 0.5) is 0 Å². The zero-order valence-electron chi connectivity index (χ0n) is 16.4. The molecule has 0 fully saturated rings. The van der Waals surface area contributed by atoms with E-state index in [9.17, 15) is 4.79 Å². The first-order valence-corrected chi connectivity index (χ1v) is 9.15. The zero-order chi connectivity index (χ0) is 19.9. The maximum Gasteiger partial charge on any atom is 0.251 e. The number of rotatable bonds is 8. The fraction of sp³-hybridized carbons (Fsp3) is 0.286. The Labute approximate surface area is 164 Å². The minimum atomic E-state index is -0.121. The highest BCUT2D eigenvalue weighted by atomic mass is 16.5. The van der Waals surface area contributed by atoms with Gasteiger partial charge in [0.1, 0.15) is 18.2 Å². The number of carbonyl (C=O) groups is 1. The summed E-state index contributed by atoms with van der Waals surface area (Å²) < 4.78 is 5.67. The van der Waals surface area contributed by atoms with Crippen LogP contribution in [0.15, 0.2) is 48.5 Å². The number of nitrogens with one attached hydrogen (secondary N) is 2. The minimum Gasteiger partial charge on any atom is -0.492 e. The zero-order valence-corrected chi connectivity index (χ0v) is 16.4. The molecular formula is C21H25N5O2. The Morgan fingerprint density at radius 3 is 2.43 bits per heavy atom. The van der Waals surface area contributed by atoms with Gasteiger partial charge in [-0.15, -0.1) is 0 Å². The lowest BCUT2D eigenvalue weighted by atomic mass is 10.1. The minimum absolute atomic E-state index is 0.121. The highest BCUT2D eigenvalue weighted by Crippen LogP contribution is 2.16. The largest absolute Gasteiger partial charge is 0.492 e. The average Bonchev–Trinajstić information content (AvgIpc) is 3.13. The van der Waals surface area contributed by atoms with E-state index in [0.717, 1.165) is 29.2 Å². The lowest BCUT2D eigenvalue weighted by Crippen LogP contribution is -2.22. The third-order valence-electron chi connectivity index (χ3n) is 4.19. The second-order valence-electron chi connectivity index (χ2n) is 6.80. The maximum absolute atomic E-state index is 12.4. The summed E-state index contributed by atoms with van der Waals surface area (Å²) >= 11 is 0. The van der Waals surface area contributed by atoms with Gasteiger partial charge in [0, 0.05) is 24.2 Å². The molecule has 1 aromatic heterocycles. The van der Waals surface area contributed by atoms with E-state index in [1.54, 1.807) is 12.1 Å². The molecule has 0 unspecified atom stereocenters. The van der Waals surface area contributed by atoms with Gasteiger partial charge in [-0.25, -0.2) is 4.98 Å². The molecule has 7 heteroatoms. The van der Waals surface area contributed by atoms with Crippen molar-refractivity contribution in [2.24, 2.45) is 0 Å². The van der Waals surface area contributed by atoms with Gasteiger partial charge in [-0.1, -0.05) is 24.3 Å². The van der Waals surface area contributed by atoms with Gasteiger partial charge in [0.05, 0.1) is 0 Å². The molecule has 0 saturated carbocycles. The summed E-state index contributed by atoms with van der Waals surface area (Å²) in [6.45, 7) is 3.82. The fourth-order valence-electron chi connectivity index (χ4n) is 2.58. The number of carbonyl (C=O) groups excluding carboxylic acids is 1. The van der Waals surface area contributed by atoms with Gasteiger partial charge >= 0.3 is 0 Å². The van der Waals surface area contributed by atoms with Crippen LogP contribution in [0.5, 0.6) is 5.75 Å². The van der Waals surface area contributed by atoms with E-state index in [0.29, 0.717) is 24.5 Å². The van der Waals surface area contributed by atoms with Crippen LogP contribution in [0.25, 0.3) is 11.4 Å². The van der Waals surface area contributed by atoms with Crippen molar-refractivity contribution in [3.05, 3.63) is 65.5 Å². The van der Waals surface area contributed by atoms with Crippen LogP contribution < -0.4 is 10.1 Å². The van der Waals surface area contributed by atoms with Crippen molar-refractivity contribution < 1.29 is 9.53 Å². The topological polar surface area (TPSA) is 83.1 Å². The van der Waals surface area contributed by atoms with Crippen LogP contribution in [-0.4, -0.2) is 53.2 Å². The van der Waals surface area contributed by atoms with Crippen LogP contribution in [0.2, 0.25) is 0 Å². The molecule has 2 aromatic carbocycles. The van der Waals surface area contributed by atoms with Crippen LogP contribution in [0, 0.1) is 6.92 Å². The van der Waals surface area contributed by atoms with E-state index in [4.69, 9.17) is 4.74 Å². The van der Waals surface area contributed by atoms with Crippen LogP contribution in [0.3, 0.4) is 0 Å². The van der Waals surface area contributed by atoms with E-state index in [1.165, 1.54) is 0 Å². The molecule has 146 valence electrons. The number of hydrogen-bond acceptors (Lipinski definition) is 5. The molecule has 3 rings (SSSR count). The summed E-state index contributed by atoms with van der Waals surface area (Å²) in [6.07, 6.45) is 0. The molecule has 0 bridgehead atoms. The number of aryl methyl sites for hydroxylation is 1. The number of amides is 1.